The standard InChI is InChI=1S/C16H10ClIO3S/c17-13-5-7-14(8-6-13)22(19,20)21-16-10-12-4-2-1-3-11(12)9-15(16)18/h1-10H. The van der Waals surface area contributed by atoms with Gasteiger partial charge >= 0.3 is 10.1 Å². The molecule has 0 spiro atoms. The Bertz CT molecular complexity index is 937. The molecular formula is C16H10ClIO3S. The van der Waals surface area contributed by atoms with Crippen molar-refractivity contribution in [1.82, 2.24) is 0 Å². The Labute approximate surface area is 147 Å². The molecule has 0 atom stereocenters. The Kier molecular flexibility index (Phi) is 4.29. The van der Waals surface area contributed by atoms with E-state index in [1.54, 1.807) is 6.07 Å². The van der Waals surface area contributed by atoms with Crippen LogP contribution in [0.2, 0.25) is 5.02 Å². The number of hydrogen-bond donors (Lipinski definition) is 0. The second kappa shape index (κ2) is 6.06. The summed E-state index contributed by atoms with van der Waals surface area (Å²) in [5.41, 5.74) is 0. The zero-order valence-corrected chi connectivity index (χ0v) is 14.9. The first kappa shape index (κ1) is 15.6. The van der Waals surface area contributed by atoms with Crippen molar-refractivity contribution in [3.05, 3.63) is 69.3 Å². The van der Waals surface area contributed by atoms with Crippen molar-refractivity contribution in [3.63, 3.8) is 0 Å². The van der Waals surface area contributed by atoms with E-state index in [1.807, 2.05) is 30.3 Å². The third-order valence-electron chi connectivity index (χ3n) is 3.10. The minimum absolute atomic E-state index is 0.0702. The van der Waals surface area contributed by atoms with Crippen LogP contribution in [0.1, 0.15) is 0 Å². The van der Waals surface area contributed by atoms with Gasteiger partial charge in [-0.15, -0.1) is 0 Å². The highest BCUT2D eigenvalue weighted by Crippen LogP contribution is 2.30. The van der Waals surface area contributed by atoms with Crippen LogP contribution in [0, 0.1) is 3.57 Å². The Morgan fingerprint density at radius 3 is 2.14 bits per heavy atom. The maximum Gasteiger partial charge on any atom is 0.339 e. The summed E-state index contributed by atoms with van der Waals surface area (Å²) in [7, 11) is -3.88. The molecule has 0 aromatic heterocycles. The Morgan fingerprint density at radius 1 is 0.909 bits per heavy atom. The van der Waals surface area contributed by atoms with Crippen LogP contribution in [0.3, 0.4) is 0 Å². The van der Waals surface area contributed by atoms with Gasteiger partial charge in [-0.25, -0.2) is 0 Å². The van der Waals surface area contributed by atoms with Crippen LogP contribution in [0.25, 0.3) is 10.8 Å². The summed E-state index contributed by atoms with van der Waals surface area (Å²) in [6, 6.07) is 17.2. The van der Waals surface area contributed by atoms with Gasteiger partial charge in [0.1, 0.15) is 4.90 Å². The summed E-state index contributed by atoms with van der Waals surface area (Å²) < 4.78 is 30.7. The lowest BCUT2D eigenvalue weighted by Gasteiger charge is -2.10. The topological polar surface area (TPSA) is 43.4 Å². The van der Waals surface area contributed by atoms with Gasteiger partial charge < -0.3 is 4.18 Å². The first-order valence-corrected chi connectivity index (χ1v) is 9.20. The van der Waals surface area contributed by atoms with Crippen LogP contribution in [0.15, 0.2) is 65.6 Å². The number of benzene rings is 3. The summed E-state index contributed by atoms with van der Waals surface area (Å²) in [5, 5.41) is 2.42. The lowest BCUT2D eigenvalue weighted by atomic mass is 10.1. The van der Waals surface area contributed by atoms with E-state index in [0.717, 1.165) is 14.3 Å². The second-order valence-electron chi connectivity index (χ2n) is 4.62. The molecule has 0 heterocycles. The summed E-state index contributed by atoms with van der Waals surface area (Å²) >= 11 is 7.84. The van der Waals surface area contributed by atoms with E-state index in [4.69, 9.17) is 15.8 Å². The first-order valence-electron chi connectivity index (χ1n) is 6.34. The van der Waals surface area contributed by atoms with E-state index < -0.39 is 10.1 Å². The van der Waals surface area contributed by atoms with Crippen LogP contribution >= 0.6 is 34.2 Å². The molecule has 0 bridgehead atoms. The lowest BCUT2D eigenvalue weighted by molar-refractivity contribution is 0.485. The highest BCUT2D eigenvalue weighted by atomic mass is 127. The van der Waals surface area contributed by atoms with Crippen molar-refractivity contribution < 1.29 is 12.6 Å². The van der Waals surface area contributed by atoms with Crippen LogP contribution in [0.4, 0.5) is 0 Å². The predicted molar refractivity (Wildman–Crippen MR) is 95.9 cm³/mol. The zero-order valence-electron chi connectivity index (χ0n) is 11.2. The highest BCUT2D eigenvalue weighted by Gasteiger charge is 2.18. The van der Waals surface area contributed by atoms with Crippen molar-refractivity contribution in [1.29, 1.82) is 0 Å². The van der Waals surface area contributed by atoms with Gasteiger partial charge in [0.25, 0.3) is 0 Å². The summed E-state index contributed by atoms with van der Waals surface area (Å²) in [5.74, 6) is 0.314. The molecule has 22 heavy (non-hydrogen) atoms. The Hall–Kier alpha value is -1.31. The molecule has 0 amide bonds. The van der Waals surface area contributed by atoms with Crippen LogP contribution in [0.5, 0.6) is 5.75 Å². The molecule has 0 aliphatic carbocycles. The van der Waals surface area contributed by atoms with Gasteiger partial charge in [-0.05, 0) is 69.8 Å². The molecule has 6 heteroatoms. The quantitative estimate of drug-likeness (QED) is 0.428. The monoisotopic (exact) mass is 444 g/mol. The van der Waals surface area contributed by atoms with Crippen molar-refractivity contribution >= 4 is 55.1 Å². The average Bonchev–Trinajstić information content (AvgIpc) is 2.48. The molecule has 0 unspecified atom stereocenters. The van der Waals surface area contributed by atoms with E-state index in [0.29, 0.717) is 10.8 Å². The molecule has 3 aromatic rings. The fourth-order valence-electron chi connectivity index (χ4n) is 2.02. The minimum Gasteiger partial charge on any atom is -0.378 e. The van der Waals surface area contributed by atoms with Crippen LogP contribution in [-0.4, -0.2) is 8.42 Å². The lowest BCUT2D eigenvalue weighted by Crippen LogP contribution is -2.10. The van der Waals surface area contributed by atoms with E-state index in [1.165, 1.54) is 24.3 Å². The van der Waals surface area contributed by atoms with E-state index in [2.05, 4.69) is 22.6 Å². The molecule has 3 nitrogen and oxygen atoms in total. The molecule has 0 saturated heterocycles. The van der Waals surface area contributed by atoms with Crippen molar-refractivity contribution in [2.45, 2.75) is 4.90 Å². The average molecular weight is 445 g/mol. The van der Waals surface area contributed by atoms with Crippen molar-refractivity contribution in [3.8, 4) is 5.75 Å². The Balaban J connectivity index is 2.01. The van der Waals surface area contributed by atoms with E-state index >= 15 is 0 Å². The minimum atomic E-state index is -3.88. The van der Waals surface area contributed by atoms with Gasteiger partial charge in [0.15, 0.2) is 5.75 Å². The second-order valence-corrected chi connectivity index (χ2v) is 7.77. The fourth-order valence-corrected chi connectivity index (χ4v) is 3.84. The number of rotatable bonds is 3. The molecule has 0 saturated carbocycles. The van der Waals surface area contributed by atoms with Crippen LogP contribution < -0.4 is 4.18 Å². The smallest absolute Gasteiger partial charge is 0.339 e. The molecule has 0 fully saturated rings. The molecular weight excluding hydrogens is 435 g/mol. The van der Waals surface area contributed by atoms with Gasteiger partial charge in [0.05, 0.1) is 3.57 Å². The zero-order chi connectivity index (χ0) is 15.7. The fraction of sp³-hybridized carbons (Fsp3) is 0. The van der Waals surface area contributed by atoms with Gasteiger partial charge in [-0.1, -0.05) is 35.9 Å². The van der Waals surface area contributed by atoms with Gasteiger partial charge in [0, 0.05) is 5.02 Å². The molecule has 0 radical (unpaired) electrons. The third-order valence-corrected chi connectivity index (χ3v) is 5.45. The predicted octanol–water partition coefficient (Wildman–Crippen LogP) is 4.87. The molecule has 0 aliphatic heterocycles. The Morgan fingerprint density at radius 2 is 1.50 bits per heavy atom. The van der Waals surface area contributed by atoms with Crippen LogP contribution in [-0.2, 0) is 10.1 Å². The van der Waals surface area contributed by atoms with Gasteiger partial charge in [-0.2, -0.15) is 8.42 Å². The molecule has 0 aliphatic rings. The number of halogens is 2. The third kappa shape index (κ3) is 3.21. The molecule has 3 rings (SSSR count). The van der Waals surface area contributed by atoms with Gasteiger partial charge in [-0.3, -0.25) is 0 Å². The van der Waals surface area contributed by atoms with E-state index in [9.17, 15) is 8.42 Å². The molecule has 0 N–H and O–H groups in total. The normalized spacial score (nSPS) is 11.5. The maximum absolute atomic E-state index is 12.3. The van der Waals surface area contributed by atoms with E-state index in [-0.39, 0.29) is 4.90 Å². The van der Waals surface area contributed by atoms with Crippen molar-refractivity contribution in [2.75, 3.05) is 0 Å². The van der Waals surface area contributed by atoms with Crippen molar-refractivity contribution in [2.24, 2.45) is 0 Å². The summed E-state index contributed by atoms with van der Waals surface area (Å²) in [4.78, 5) is 0.0702. The SMILES string of the molecule is O=S(=O)(Oc1cc2ccccc2cc1I)c1ccc(Cl)cc1. The summed E-state index contributed by atoms with van der Waals surface area (Å²) in [6.07, 6.45) is 0. The first-order chi connectivity index (χ1) is 10.5. The largest absolute Gasteiger partial charge is 0.378 e. The summed E-state index contributed by atoms with van der Waals surface area (Å²) in [6.45, 7) is 0. The maximum atomic E-state index is 12.3. The molecule has 112 valence electrons. The number of fused-ring (bicyclic) bond motifs is 1. The number of hydrogen-bond acceptors (Lipinski definition) is 3. The highest BCUT2D eigenvalue weighted by molar-refractivity contribution is 14.1. The van der Waals surface area contributed by atoms with Gasteiger partial charge in [0.2, 0.25) is 0 Å². The molecule has 3 aromatic carbocycles.